The second-order valence-electron chi connectivity index (χ2n) is 4.00. The van der Waals surface area contributed by atoms with Crippen LogP contribution < -0.4 is 11.2 Å². The highest BCUT2D eigenvalue weighted by Gasteiger charge is 2.07. The van der Waals surface area contributed by atoms with E-state index in [1.54, 1.807) is 0 Å². The number of nitrogens with one attached hydrogen (secondary N) is 2. The van der Waals surface area contributed by atoms with Gasteiger partial charge in [0.2, 0.25) is 0 Å². The minimum Gasteiger partial charge on any atom is -0.300 e. The molecule has 74 valence electrons. The van der Waals surface area contributed by atoms with Crippen molar-refractivity contribution in [3.05, 3.63) is 32.6 Å². The molecule has 4 nitrogen and oxygen atoms in total. The predicted octanol–water partition coefficient (Wildman–Crippen LogP) is 0.292. The van der Waals surface area contributed by atoms with Crippen LogP contribution in [-0.4, -0.2) is 18.0 Å². The van der Waals surface area contributed by atoms with Crippen molar-refractivity contribution in [3.63, 3.8) is 0 Å². The highest BCUT2D eigenvalue weighted by Crippen LogP contribution is 1.96. The molecule has 0 saturated heterocycles. The SMILES string of the molecule is C[Si](C)(C)C#Cc1cc(=O)[nH]c(=O)[nH]1. The van der Waals surface area contributed by atoms with Gasteiger partial charge in [0, 0.05) is 6.07 Å². The van der Waals surface area contributed by atoms with E-state index in [0.717, 1.165) is 0 Å². The lowest BCUT2D eigenvalue weighted by atomic mass is 10.4. The summed E-state index contributed by atoms with van der Waals surface area (Å²) in [5.74, 6) is 2.80. The fourth-order valence-electron chi connectivity index (χ4n) is 0.791. The molecule has 1 heterocycles. The summed E-state index contributed by atoms with van der Waals surface area (Å²) in [6, 6.07) is 1.29. The first kappa shape index (κ1) is 10.5. The summed E-state index contributed by atoms with van der Waals surface area (Å²) in [4.78, 5) is 26.3. The molecule has 1 aromatic heterocycles. The highest BCUT2D eigenvalue weighted by molar-refractivity contribution is 6.83. The van der Waals surface area contributed by atoms with Crippen molar-refractivity contribution in [3.8, 4) is 11.5 Å². The smallest absolute Gasteiger partial charge is 0.300 e. The summed E-state index contributed by atoms with van der Waals surface area (Å²) < 4.78 is 0. The average molecular weight is 208 g/mol. The molecule has 5 heteroatoms. The third kappa shape index (κ3) is 3.45. The molecule has 0 amide bonds. The summed E-state index contributed by atoms with van der Waals surface area (Å²) in [6.45, 7) is 6.27. The van der Waals surface area contributed by atoms with Gasteiger partial charge in [-0.05, 0) is 0 Å². The quantitative estimate of drug-likeness (QED) is 0.475. The lowest BCUT2D eigenvalue weighted by Crippen LogP contribution is -2.22. The Morgan fingerprint density at radius 1 is 1.21 bits per heavy atom. The average Bonchev–Trinajstić information content (AvgIpc) is 1.97. The number of rotatable bonds is 0. The van der Waals surface area contributed by atoms with Crippen molar-refractivity contribution in [1.29, 1.82) is 0 Å². The molecule has 1 rings (SSSR count). The molecular weight excluding hydrogens is 196 g/mol. The molecule has 2 N–H and O–H groups in total. The molecule has 0 fully saturated rings. The molecule has 0 aliphatic heterocycles. The lowest BCUT2D eigenvalue weighted by molar-refractivity contribution is 1.02. The number of hydrogen-bond donors (Lipinski definition) is 2. The van der Waals surface area contributed by atoms with E-state index in [4.69, 9.17) is 0 Å². The van der Waals surface area contributed by atoms with Crippen molar-refractivity contribution in [2.24, 2.45) is 0 Å². The fraction of sp³-hybridized carbons (Fsp3) is 0.333. The Balaban J connectivity index is 3.14. The first-order chi connectivity index (χ1) is 6.37. The Morgan fingerprint density at radius 2 is 1.86 bits per heavy atom. The number of aromatic nitrogens is 2. The topological polar surface area (TPSA) is 65.7 Å². The van der Waals surface area contributed by atoms with Crippen LogP contribution in [0.25, 0.3) is 0 Å². The normalized spacial score (nSPS) is 10.5. The van der Waals surface area contributed by atoms with E-state index >= 15 is 0 Å². The Morgan fingerprint density at radius 3 is 2.36 bits per heavy atom. The Labute approximate surface area is 82.4 Å². The van der Waals surface area contributed by atoms with Crippen molar-refractivity contribution in [2.45, 2.75) is 19.6 Å². The zero-order valence-corrected chi connectivity index (χ0v) is 9.39. The van der Waals surface area contributed by atoms with E-state index in [1.165, 1.54) is 6.07 Å². The first-order valence-corrected chi connectivity index (χ1v) is 7.74. The lowest BCUT2D eigenvalue weighted by Gasteiger charge is -2.02. The molecule has 0 spiro atoms. The summed E-state index contributed by atoms with van der Waals surface area (Å²) in [7, 11) is -1.47. The van der Waals surface area contributed by atoms with Crippen molar-refractivity contribution in [2.75, 3.05) is 0 Å². The molecule has 0 radical (unpaired) electrons. The summed E-state index contributed by atoms with van der Waals surface area (Å²) in [5, 5.41) is 0. The standard InChI is InChI=1S/C9H12N2O2Si/c1-14(2,3)5-4-7-6-8(12)11-9(13)10-7/h6H,1-3H3,(H2,10,11,12,13). The van der Waals surface area contributed by atoms with Crippen LogP contribution in [0.15, 0.2) is 15.7 Å². The van der Waals surface area contributed by atoms with Gasteiger partial charge in [0.1, 0.15) is 8.07 Å². The Bertz CT molecular complexity index is 468. The van der Waals surface area contributed by atoms with Gasteiger partial charge in [0.25, 0.3) is 5.56 Å². The zero-order chi connectivity index (χ0) is 10.8. The molecule has 0 saturated carbocycles. The van der Waals surface area contributed by atoms with Crippen molar-refractivity contribution < 1.29 is 0 Å². The van der Waals surface area contributed by atoms with Crippen LogP contribution >= 0.6 is 0 Å². The molecule has 14 heavy (non-hydrogen) atoms. The number of hydrogen-bond acceptors (Lipinski definition) is 2. The third-order valence-corrected chi connectivity index (χ3v) is 2.21. The van der Waals surface area contributed by atoms with Crippen molar-refractivity contribution >= 4 is 8.07 Å². The number of aromatic amines is 2. The minimum absolute atomic E-state index is 0.376. The molecule has 0 unspecified atom stereocenters. The van der Waals surface area contributed by atoms with Gasteiger partial charge in [-0.15, -0.1) is 5.54 Å². The van der Waals surface area contributed by atoms with E-state index in [1.807, 2.05) is 0 Å². The fourth-order valence-corrected chi connectivity index (χ4v) is 1.30. The second-order valence-corrected chi connectivity index (χ2v) is 8.75. The molecule has 0 aliphatic carbocycles. The van der Waals surface area contributed by atoms with Crippen LogP contribution in [0.2, 0.25) is 19.6 Å². The molecular formula is C9H12N2O2Si. The maximum Gasteiger partial charge on any atom is 0.326 e. The Kier molecular flexibility index (Phi) is 2.77. The van der Waals surface area contributed by atoms with Crippen LogP contribution in [0.1, 0.15) is 5.69 Å². The minimum atomic E-state index is -1.47. The predicted molar refractivity (Wildman–Crippen MR) is 57.9 cm³/mol. The van der Waals surface area contributed by atoms with Crippen molar-refractivity contribution in [1.82, 2.24) is 9.97 Å². The van der Waals surface area contributed by atoms with E-state index in [-0.39, 0.29) is 0 Å². The summed E-state index contributed by atoms with van der Waals surface area (Å²) in [5.41, 5.74) is 2.50. The van der Waals surface area contributed by atoms with E-state index < -0.39 is 19.3 Å². The van der Waals surface area contributed by atoms with Gasteiger partial charge >= 0.3 is 5.69 Å². The molecule has 0 aromatic carbocycles. The van der Waals surface area contributed by atoms with Gasteiger partial charge in [-0.2, -0.15) is 0 Å². The third-order valence-electron chi connectivity index (χ3n) is 1.33. The van der Waals surface area contributed by atoms with Gasteiger partial charge in [-0.3, -0.25) is 9.78 Å². The van der Waals surface area contributed by atoms with Crippen LogP contribution in [0.4, 0.5) is 0 Å². The second kappa shape index (κ2) is 3.68. The maximum atomic E-state index is 10.9. The first-order valence-electron chi connectivity index (χ1n) is 4.24. The van der Waals surface area contributed by atoms with Gasteiger partial charge in [-0.25, -0.2) is 4.79 Å². The van der Waals surface area contributed by atoms with Gasteiger partial charge in [-0.1, -0.05) is 25.6 Å². The summed E-state index contributed by atoms with van der Waals surface area (Å²) in [6.07, 6.45) is 0. The molecule has 0 bridgehead atoms. The Hall–Kier alpha value is -1.54. The molecule has 0 atom stereocenters. The van der Waals surface area contributed by atoms with E-state index in [9.17, 15) is 9.59 Å². The summed E-state index contributed by atoms with van der Waals surface area (Å²) >= 11 is 0. The van der Waals surface area contributed by atoms with Gasteiger partial charge in [0.15, 0.2) is 0 Å². The van der Waals surface area contributed by atoms with Gasteiger partial charge < -0.3 is 4.98 Å². The molecule has 1 aromatic rings. The number of H-pyrrole nitrogens is 2. The van der Waals surface area contributed by atoms with E-state index in [0.29, 0.717) is 5.69 Å². The van der Waals surface area contributed by atoms with Crippen LogP contribution in [-0.2, 0) is 0 Å². The maximum absolute atomic E-state index is 10.9. The largest absolute Gasteiger partial charge is 0.326 e. The molecule has 0 aliphatic rings. The van der Waals surface area contributed by atoms with Crippen LogP contribution in [0, 0.1) is 11.5 Å². The van der Waals surface area contributed by atoms with Crippen LogP contribution in [0.5, 0.6) is 0 Å². The highest BCUT2D eigenvalue weighted by atomic mass is 28.3. The van der Waals surface area contributed by atoms with Crippen LogP contribution in [0.3, 0.4) is 0 Å². The van der Waals surface area contributed by atoms with Gasteiger partial charge in [0.05, 0.1) is 5.69 Å². The van der Waals surface area contributed by atoms with E-state index in [2.05, 4.69) is 41.1 Å². The zero-order valence-electron chi connectivity index (χ0n) is 8.39. The monoisotopic (exact) mass is 208 g/mol.